The Labute approximate surface area is 196 Å². The number of likely N-dealkylation sites (tertiary alicyclic amines) is 1. The minimum absolute atomic E-state index is 0. The number of hydrogen-bond acceptors (Lipinski definition) is 3. The van der Waals surface area contributed by atoms with Gasteiger partial charge in [-0.2, -0.15) is 0 Å². The Morgan fingerprint density at radius 3 is 2.37 bits per heavy atom. The third-order valence-corrected chi connectivity index (χ3v) is 7.92. The summed E-state index contributed by atoms with van der Waals surface area (Å²) >= 11 is 0. The molecule has 7 heteroatoms. The maximum Gasteiger partial charge on any atom is 0.233 e. The zero-order chi connectivity index (χ0) is 20.0. The third kappa shape index (κ3) is 4.02. The summed E-state index contributed by atoms with van der Waals surface area (Å²) in [4.78, 5) is 31.7. The van der Waals surface area contributed by atoms with Crippen LogP contribution >= 0.6 is 24.0 Å². The van der Waals surface area contributed by atoms with Gasteiger partial charge in [-0.1, -0.05) is 44.3 Å². The van der Waals surface area contributed by atoms with Crippen LogP contribution in [-0.2, 0) is 9.59 Å². The second kappa shape index (κ2) is 9.17. The van der Waals surface area contributed by atoms with Crippen LogP contribution in [0.1, 0.15) is 51.9 Å². The SMILES string of the molecule is CCNC(=NCCN1C(=O)C2C3C=CC(C3)C2C1=O)NC1CC1C1CCCCC1.I. The molecule has 0 aromatic carbocycles. The first kappa shape index (κ1) is 22.1. The van der Waals surface area contributed by atoms with Crippen LogP contribution in [0.2, 0.25) is 0 Å². The molecular weight excluding hydrogens is 491 g/mol. The maximum absolute atomic E-state index is 12.8. The number of imide groups is 1. The van der Waals surface area contributed by atoms with Crippen molar-refractivity contribution in [2.24, 2.45) is 40.5 Å². The van der Waals surface area contributed by atoms with Gasteiger partial charge in [0.05, 0.1) is 18.4 Å². The number of carbonyl (C=O) groups is 2. The molecule has 0 radical (unpaired) electrons. The van der Waals surface area contributed by atoms with E-state index in [2.05, 4.69) is 34.7 Å². The second-order valence-electron chi connectivity index (χ2n) is 9.64. The van der Waals surface area contributed by atoms with Gasteiger partial charge in [0.25, 0.3) is 0 Å². The smallest absolute Gasteiger partial charge is 0.233 e. The monoisotopic (exact) mass is 526 g/mol. The Bertz CT molecular complexity index is 703. The third-order valence-electron chi connectivity index (χ3n) is 7.92. The number of halogens is 1. The largest absolute Gasteiger partial charge is 0.357 e. The number of amides is 2. The zero-order valence-corrected chi connectivity index (χ0v) is 20.2. The fourth-order valence-corrected chi connectivity index (χ4v) is 6.41. The summed E-state index contributed by atoms with van der Waals surface area (Å²) in [5, 5.41) is 6.92. The number of rotatable bonds is 6. The van der Waals surface area contributed by atoms with Crippen LogP contribution in [0.25, 0.3) is 0 Å². The van der Waals surface area contributed by atoms with E-state index in [0.717, 1.165) is 30.8 Å². The molecular formula is C23H35IN4O2. The molecule has 0 spiro atoms. The number of hydrogen-bond donors (Lipinski definition) is 2. The van der Waals surface area contributed by atoms with Crippen LogP contribution < -0.4 is 10.6 Å². The molecule has 4 fully saturated rings. The molecule has 166 valence electrons. The van der Waals surface area contributed by atoms with E-state index in [1.807, 2.05) is 0 Å². The molecule has 2 bridgehead atoms. The van der Waals surface area contributed by atoms with Gasteiger partial charge in [-0.05, 0) is 43.4 Å². The molecule has 6 nitrogen and oxygen atoms in total. The maximum atomic E-state index is 12.8. The number of guanidine groups is 1. The second-order valence-corrected chi connectivity index (χ2v) is 9.64. The molecule has 1 heterocycles. The molecule has 4 aliphatic carbocycles. The summed E-state index contributed by atoms with van der Waals surface area (Å²) in [6.45, 7) is 3.75. The highest BCUT2D eigenvalue weighted by Crippen LogP contribution is 2.52. The summed E-state index contributed by atoms with van der Waals surface area (Å²) in [5.41, 5.74) is 0. The van der Waals surface area contributed by atoms with Gasteiger partial charge < -0.3 is 10.6 Å². The molecule has 6 atom stereocenters. The van der Waals surface area contributed by atoms with Crippen LogP contribution in [0.15, 0.2) is 17.1 Å². The number of fused-ring (bicyclic) bond motifs is 5. The van der Waals surface area contributed by atoms with E-state index < -0.39 is 0 Å². The lowest BCUT2D eigenvalue weighted by Crippen LogP contribution is -2.41. The van der Waals surface area contributed by atoms with Crippen molar-refractivity contribution >= 4 is 41.8 Å². The van der Waals surface area contributed by atoms with E-state index in [0.29, 0.717) is 19.1 Å². The fraction of sp³-hybridized carbons (Fsp3) is 0.783. The van der Waals surface area contributed by atoms with Crippen molar-refractivity contribution in [3.05, 3.63) is 12.2 Å². The Morgan fingerprint density at radius 1 is 1.07 bits per heavy atom. The highest BCUT2D eigenvalue weighted by Gasteiger charge is 2.59. The number of nitrogens with zero attached hydrogens (tertiary/aromatic N) is 2. The van der Waals surface area contributed by atoms with E-state index in [1.54, 1.807) is 0 Å². The molecule has 1 saturated heterocycles. The van der Waals surface area contributed by atoms with E-state index >= 15 is 0 Å². The summed E-state index contributed by atoms with van der Waals surface area (Å²) in [6, 6.07) is 0.534. The molecule has 5 aliphatic rings. The number of allylic oxidation sites excluding steroid dienone is 2. The molecule has 30 heavy (non-hydrogen) atoms. The number of aliphatic imine (C=N–C) groups is 1. The highest BCUT2D eigenvalue weighted by atomic mass is 127. The summed E-state index contributed by atoms with van der Waals surface area (Å²) in [6.07, 6.45) is 13.5. The van der Waals surface area contributed by atoms with Crippen LogP contribution in [0.5, 0.6) is 0 Å². The molecule has 5 rings (SSSR count). The Balaban J connectivity index is 0.00000218. The number of carbonyl (C=O) groups excluding carboxylic acids is 2. The average Bonchev–Trinajstić information content (AvgIpc) is 3.06. The van der Waals surface area contributed by atoms with E-state index in [9.17, 15) is 9.59 Å². The van der Waals surface area contributed by atoms with Crippen LogP contribution in [-0.4, -0.2) is 48.3 Å². The van der Waals surface area contributed by atoms with E-state index in [-0.39, 0.29) is 59.5 Å². The Kier molecular flexibility index (Phi) is 6.75. The van der Waals surface area contributed by atoms with Gasteiger partial charge in [0.1, 0.15) is 0 Å². The molecule has 2 amide bonds. The predicted octanol–water partition coefficient (Wildman–Crippen LogP) is 2.94. The van der Waals surface area contributed by atoms with Crippen molar-refractivity contribution in [1.29, 1.82) is 0 Å². The quantitative estimate of drug-likeness (QED) is 0.184. The van der Waals surface area contributed by atoms with Gasteiger partial charge in [-0.3, -0.25) is 19.5 Å². The van der Waals surface area contributed by atoms with Crippen LogP contribution in [0, 0.1) is 35.5 Å². The molecule has 0 aromatic heterocycles. The lowest BCUT2D eigenvalue weighted by molar-refractivity contribution is -0.140. The Hall–Kier alpha value is -1.12. The van der Waals surface area contributed by atoms with Gasteiger partial charge in [0.2, 0.25) is 11.8 Å². The predicted molar refractivity (Wildman–Crippen MR) is 127 cm³/mol. The Morgan fingerprint density at radius 2 is 1.73 bits per heavy atom. The summed E-state index contributed by atoms with van der Waals surface area (Å²) in [5.74, 6) is 2.92. The number of nitrogens with one attached hydrogen (secondary N) is 2. The van der Waals surface area contributed by atoms with Gasteiger partial charge in [0.15, 0.2) is 5.96 Å². The van der Waals surface area contributed by atoms with E-state index in [4.69, 9.17) is 0 Å². The fourth-order valence-electron chi connectivity index (χ4n) is 6.41. The minimum Gasteiger partial charge on any atom is -0.357 e. The molecule has 6 unspecified atom stereocenters. The van der Waals surface area contributed by atoms with Crippen molar-refractivity contribution in [2.45, 2.75) is 57.9 Å². The van der Waals surface area contributed by atoms with Gasteiger partial charge >= 0.3 is 0 Å². The average molecular weight is 526 g/mol. The van der Waals surface area contributed by atoms with E-state index in [1.165, 1.54) is 43.4 Å². The molecule has 0 aromatic rings. The van der Waals surface area contributed by atoms with Gasteiger partial charge in [-0.25, -0.2) is 0 Å². The highest BCUT2D eigenvalue weighted by molar-refractivity contribution is 14.0. The first-order valence-electron chi connectivity index (χ1n) is 11.8. The summed E-state index contributed by atoms with van der Waals surface area (Å²) < 4.78 is 0. The van der Waals surface area contributed by atoms with Gasteiger partial charge in [0, 0.05) is 19.1 Å². The molecule has 3 saturated carbocycles. The van der Waals surface area contributed by atoms with Crippen molar-refractivity contribution in [1.82, 2.24) is 15.5 Å². The van der Waals surface area contributed by atoms with Crippen molar-refractivity contribution in [2.75, 3.05) is 19.6 Å². The van der Waals surface area contributed by atoms with Crippen molar-refractivity contribution < 1.29 is 9.59 Å². The molecule has 1 aliphatic heterocycles. The lowest BCUT2D eigenvalue weighted by Gasteiger charge is -2.22. The topological polar surface area (TPSA) is 73.8 Å². The lowest BCUT2D eigenvalue weighted by atomic mass is 9.85. The standard InChI is InChI=1S/C23H34N4O2.HI/c1-2-24-23(26-18-13-17(18)14-6-4-3-5-7-14)25-10-11-27-21(28)19-15-8-9-16(12-15)20(19)22(27)29;/h8-9,14-20H,2-7,10-13H2,1H3,(H2,24,25,26);1H. The minimum atomic E-state index is -0.101. The van der Waals surface area contributed by atoms with Gasteiger partial charge in [-0.15, -0.1) is 24.0 Å². The van der Waals surface area contributed by atoms with Crippen LogP contribution in [0.4, 0.5) is 0 Å². The van der Waals surface area contributed by atoms with Crippen LogP contribution in [0.3, 0.4) is 0 Å². The first-order chi connectivity index (χ1) is 14.2. The normalized spacial score (nSPS) is 37.4. The van der Waals surface area contributed by atoms with Crippen molar-refractivity contribution in [3.63, 3.8) is 0 Å². The van der Waals surface area contributed by atoms with Crippen molar-refractivity contribution in [3.8, 4) is 0 Å². The summed E-state index contributed by atoms with van der Waals surface area (Å²) in [7, 11) is 0. The first-order valence-corrected chi connectivity index (χ1v) is 11.8. The zero-order valence-electron chi connectivity index (χ0n) is 17.9. The molecule has 2 N–H and O–H groups in total.